The van der Waals surface area contributed by atoms with Gasteiger partial charge in [0, 0.05) is 19.2 Å². The highest BCUT2D eigenvalue weighted by Gasteiger charge is 2.21. The first kappa shape index (κ1) is 21.0. The van der Waals surface area contributed by atoms with Gasteiger partial charge in [0.05, 0.1) is 16.8 Å². The van der Waals surface area contributed by atoms with Crippen molar-refractivity contribution < 1.29 is 10.3 Å². The van der Waals surface area contributed by atoms with Crippen LogP contribution in [-0.4, -0.2) is 24.7 Å². The lowest BCUT2D eigenvalue weighted by Gasteiger charge is -2.30. The Kier molecular flexibility index (Phi) is 8.07. The molecule has 0 atom stereocenters. The topological polar surface area (TPSA) is 63.3 Å². The van der Waals surface area contributed by atoms with Gasteiger partial charge >= 0.3 is 0 Å². The highest BCUT2D eigenvalue weighted by atomic mass is 32.1. The third-order valence-electron chi connectivity index (χ3n) is 5.78. The van der Waals surface area contributed by atoms with Crippen molar-refractivity contribution in [2.45, 2.75) is 83.6 Å². The molecule has 28 heavy (non-hydrogen) atoms. The van der Waals surface area contributed by atoms with Gasteiger partial charge in [0.2, 0.25) is 0 Å². The molecule has 0 bridgehead atoms. The molecule has 6 heteroatoms. The summed E-state index contributed by atoms with van der Waals surface area (Å²) < 4.78 is 7.13. The van der Waals surface area contributed by atoms with Gasteiger partial charge in [0.25, 0.3) is 0 Å². The molecule has 1 saturated carbocycles. The lowest BCUT2D eigenvalue weighted by atomic mass is 9.95. The minimum absolute atomic E-state index is 0.608. The molecular weight excluding hydrogens is 368 g/mol. The number of thiazole rings is 1. The first-order valence-corrected chi connectivity index (χ1v) is 11.8. The van der Waals surface area contributed by atoms with Crippen molar-refractivity contribution in [3.8, 4) is 5.75 Å². The predicted octanol–water partition coefficient (Wildman–Crippen LogP) is 5.65. The number of fused-ring (bicyclic) bond motifs is 1. The quantitative estimate of drug-likeness (QED) is 0.390. The fraction of sp³-hybridized carbons (Fsp3) is 0.682. The molecule has 5 nitrogen and oxygen atoms in total. The fourth-order valence-corrected chi connectivity index (χ4v) is 5.00. The summed E-state index contributed by atoms with van der Waals surface area (Å²) >= 11 is 1.72. The summed E-state index contributed by atoms with van der Waals surface area (Å²) in [6.45, 7) is 2.95. The summed E-state index contributed by atoms with van der Waals surface area (Å²) in [5.74, 6) is 0.751. The van der Waals surface area contributed by atoms with Crippen LogP contribution >= 0.6 is 11.3 Å². The van der Waals surface area contributed by atoms with Crippen molar-refractivity contribution in [1.29, 1.82) is 0 Å². The Labute approximate surface area is 173 Å². The van der Waals surface area contributed by atoms with E-state index in [-0.39, 0.29) is 0 Å². The molecule has 2 aromatic rings. The second kappa shape index (κ2) is 10.7. The van der Waals surface area contributed by atoms with Crippen LogP contribution in [0.5, 0.6) is 5.75 Å². The molecule has 0 amide bonds. The van der Waals surface area contributed by atoms with Gasteiger partial charge in [0.1, 0.15) is 0 Å². The van der Waals surface area contributed by atoms with E-state index in [9.17, 15) is 0 Å². The number of ether oxygens (including phenoxy) is 1. The Morgan fingerprint density at radius 1 is 1.14 bits per heavy atom. The van der Waals surface area contributed by atoms with E-state index in [2.05, 4.69) is 24.0 Å². The molecule has 0 spiro atoms. The zero-order valence-corrected chi connectivity index (χ0v) is 18.3. The Morgan fingerprint density at radius 2 is 1.89 bits per heavy atom. The number of hydrogen-bond acceptors (Lipinski definition) is 5. The molecule has 154 valence electrons. The van der Waals surface area contributed by atoms with E-state index in [1.807, 2.05) is 12.1 Å². The number of nitrogens with two attached hydrogens (primary N) is 1. The fourth-order valence-electron chi connectivity index (χ4n) is 3.99. The van der Waals surface area contributed by atoms with Crippen LogP contribution in [0.2, 0.25) is 0 Å². The van der Waals surface area contributed by atoms with Gasteiger partial charge in [-0.05, 0) is 30.4 Å². The minimum Gasteiger partial charge on any atom is -0.491 e. The maximum absolute atomic E-state index is 6.01. The van der Waals surface area contributed by atoms with Gasteiger partial charge in [-0.3, -0.25) is 0 Å². The third kappa shape index (κ3) is 5.43. The van der Waals surface area contributed by atoms with Crippen LogP contribution in [-0.2, 0) is 0 Å². The van der Waals surface area contributed by atoms with Crippen LogP contribution in [0.1, 0.15) is 77.6 Å². The number of unbranched alkanes of at least 4 members (excludes halogenated alkanes) is 5. The number of anilines is 1. The summed E-state index contributed by atoms with van der Waals surface area (Å²) in [6.07, 6.45) is 14.0. The molecule has 3 rings (SSSR count). The summed E-state index contributed by atoms with van der Waals surface area (Å²) in [6, 6.07) is 4.63. The number of aromatic nitrogens is 1. The van der Waals surface area contributed by atoms with E-state index in [1.165, 1.54) is 64.2 Å². The zero-order chi connectivity index (χ0) is 19.8. The molecule has 0 saturated heterocycles. The number of benzene rings is 1. The van der Waals surface area contributed by atoms with Gasteiger partial charge in [-0.25, -0.2) is 4.98 Å². The van der Waals surface area contributed by atoms with Crippen LogP contribution in [0.3, 0.4) is 0 Å². The molecule has 1 aromatic heterocycles. The lowest BCUT2D eigenvalue weighted by Crippen LogP contribution is -2.33. The second-order valence-corrected chi connectivity index (χ2v) is 8.94. The maximum atomic E-state index is 6.01. The standard InChI is InChI=1S/C22H34N4OS/c1-3-4-5-6-7-11-14-27-20-15-19-21(16-18(20)25-23)28-22(24-19)26(2)17-12-9-8-10-13-17/h15-17,23H,3-14H2,1-2H3/p+1. The SMILES string of the molecule is CCCCCCCCOc1cc2nc(N(C)C3CCCCC3)sc2cc1N=[NH2+]. The lowest BCUT2D eigenvalue weighted by molar-refractivity contribution is -0.210. The molecular formula is C22H35N4OS+. The minimum atomic E-state index is 0.608. The largest absolute Gasteiger partial charge is 0.491 e. The van der Waals surface area contributed by atoms with Crippen molar-refractivity contribution in [2.75, 3.05) is 18.6 Å². The summed E-state index contributed by atoms with van der Waals surface area (Å²) in [4.78, 5) is 7.25. The maximum Gasteiger partial charge on any atom is 0.186 e. The van der Waals surface area contributed by atoms with E-state index in [4.69, 9.17) is 15.3 Å². The Balaban J connectivity index is 1.64. The van der Waals surface area contributed by atoms with Gasteiger partial charge in [0.15, 0.2) is 16.6 Å². The van der Waals surface area contributed by atoms with Crippen molar-refractivity contribution in [2.24, 2.45) is 5.11 Å². The van der Waals surface area contributed by atoms with E-state index in [0.29, 0.717) is 18.3 Å². The number of rotatable bonds is 11. The molecule has 1 heterocycles. The van der Waals surface area contributed by atoms with E-state index >= 15 is 0 Å². The summed E-state index contributed by atoms with van der Waals surface area (Å²) in [5.41, 5.74) is 7.33. The van der Waals surface area contributed by atoms with Crippen LogP contribution in [0, 0.1) is 0 Å². The number of nitrogens with zero attached hydrogens (tertiary/aromatic N) is 3. The Hall–Kier alpha value is -1.69. The van der Waals surface area contributed by atoms with E-state index in [1.54, 1.807) is 11.3 Å². The third-order valence-corrected chi connectivity index (χ3v) is 6.89. The van der Waals surface area contributed by atoms with Crippen LogP contribution in [0.15, 0.2) is 17.2 Å². The van der Waals surface area contributed by atoms with Crippen molar-refractivity contribution >= 4 is 32.4 Å². The van der Waals surface area contributed by atoms with Crippen molar-refractivity contribution in [3.05, 3.63) is 12.1 Å². The van der Waals surface area contributed by atoms with Gasteiger partial charge in [-0.2, -0.15) is 5.53 Å². The van der Waals surface area contributed by atoms with Crippen LogP contribution < -0.4 is 15.2 Å². The first-order valence-electron chi connectivity index (χ1n) is 10.9. The summed E-state index contributed by atoms with van der Waals surface area (Å²) in [5, 5.41) is 5.03. The normalized spacial score (nSPS) is 15.1. The smallest absolute Gasteiger partial charge is 0.186 e. The number of hydrogen-bond donors (Lipinski definition) is 1. The first-order chi connectivity index (χ1) is 13.7. The predicted molar refractivity (Wildman–Crippen MR) is 118 cm³/mol. The molecule has 1 aromatic carbocycles. The average molecular weight is 404 g/mol. The van der Waals surface area contributed by atoms with Gasteiger partial charge in [-0.15, -0.1) is 0 Å². The van der Waals surface area contributed by atoms with Crippen molar-refractivity contribution in [1.82, 2.24) is 4.98 Å². The molecule has 1 fully saturated rings. The molecule has 1 aliphatic carbocycles. The van der Waals surface area contributed by atoms with Crippen LogP contribution in [0.25, 0.3) is 10.2 Å². The van der Waals surface area contributed by atoms with Gasteiger partial charge in [-0.1, -0.05) is 69.6 Å². The van der Waals surface area contributed by atoms with Gasteiger partial charge < -0.3 is 9.64 Å². The Bertz CT molecular complexity index is 754. The molecule has 0 aliphatic heterocycles. The summed E-state index contributed by atoms with van der Waals surface area (Å²) in [7, 11) is 2.18. The highest BCUT2D eigenvalue weighted by Crippen LogP contribution is 2.38. The van der Waals surface area contributed by atoms with E-state index in [0.717, 1.165) is 27.5 Å². The second-order valence-electron chi connectivity index (χ2n) is 7.93. The van der Waals surface area contributed by atoms with Crippen LogP contribution in [0.4, 0.5) is 10.8 Å². The highest BCUT2D eigenvalue weighted by molar-refractivity contribution is 7.22. The van der Waals surface area contributed by atoms with E-state index < -0.39 is 0 Å². The zero-order valence-electron chi connectivity index (χ0n) is 17.5. The molecule has 2 N–H and O–H groups in total. The van der Waals surface area contributed by atoms with Crippen molar-refractivity contribution in [3.63, 3.8) is 0 Å². The molecule has 0 radical (unpaired) electrons. The molecule has 1 aliphatic rings. The molecule has 0 unspecified atom stereocenters. The average Bonchev–Trinajstić information content (AvgIpc) is 3.15. The monoisotopic (exact) mass is 403 g/mol. The Morgan fingerprint density at radius 3 is 2.64 bits per heavy atom.